The maximum Gasteiger partial charge on any atom is 0.339 e. The number of pyridine rings is 1. The van der Waals surface area contributed by atoms with Crippen molar-refractivity contribution in [1.29, 1.82) is 0 Å². The number of hydrogen-bond acceptors (Lipinski definition) is 7. The van der Waals surface area contributed by atoms with Gasteiger partial charge in [0, 0.05) is 17.7 Å². The Kier molecular flexibility index (Phi) is 3.79. The van der Waals surface area contributed by atoms with Crippen LogP contribution in [0.15, 0.2) is 24.5 Å². The molecule has 3 aromatic heterocycles. The lowest BCUT2D eigenvalue weighted by atomic mass is 10.1. The number of carbonyl (C=O) groups excluding carboxylic acids is 1. The first-order chi connectivity index (χ1) is 12.2. The Balaban J connectivity index is 1.59. The van der Waals surface area contributed by atoms with Crippen molar-refractivity contribution >= 4 is 17.6 Å². The Morgan fingerprint density at radius 2 is 2.20 bits per heavy atom. The van der Waals surface area contributed by atoms with Gasteiger partial charge >= 0.3 is 5.97 Å². The number of esters is 1. The first-order valence-corrected chi connectivity index (χ1v) is 8.15. The number of aryl methyl sites for hydroxylation is 1. The van der Waals surface area contributed by atoms with Crippen molar-refractivity contribution in [2.45, 2.75) is 32.2 Å². The highest BCUT2D eigenvalue weighted by Crippen LogP contribution is 2.40. The number of hydrogen-bond donors (Lipinski definition) is 1. The second-order valence-electron chi connectivity index (χ2n) is 6.11. The Morgan fingerprint density at radius 3 is 2.96 bits per heavy atom. The zero-order valence-corrected chi connectivity index (χ0v) is 14.1. The summed E-state index contributed by atoms with van der Waals surface area (Å²) in [7, 11) is 1.39. The van der Waals surface area contributed by atoms with Gasteiger partial charge in [-0.25, -0.2) is 9.78 Å². The molecular weight excluding hydrogens is 320 g/mol. The highest BCUT2D eigenvalue weighted by atomic mass is 16.5. The van der Waals surface area contributed by atoms with Gasteiger partial charge < -0.3 is 10.1 Å². The standard InChI is InChI=1S/C17H18N6O2/c1-10-7-14(23-17(21-10)19-9-20-23)18-8-12-5-6-13(16(24)25-2)15(22-12)11-3-4-11/h5-7,9,11,18H,3-4,8H2,1-2H3. The summed E-state index contributed by atoms with van der Waals surface area (Å²) in [6.45, 7) is 2.42. The Hall–Kier alpha value is -3.03. The van der Waals surface area contributed by atoms with Crippen LogP contribution < -0.4 is 5.32 Å². The van der Waals surface area contributed by atoms with E-state index in [0.29, 0.717) is 23.8 Å². The second kappa shape index (κ2) is 6.12. The molecule has 128 valence electrons. The molecule has 0 atom stereocenters. The van der Waals surface area contributed by atoms with Crippen LogP contribution in [-0.2, 0) is 11.3 Å². The zero-order valence-electron chi connectivity index (χ0n) is 14.1. The van der Waals surface area contributed by atoms with Gasteiger partial charge in [-0.2, -0.15) is 14.6 Å². The number of nitrogens with zero attached hydrogens (tertiary/aromatic N) is 5. The van der Waals surface area contributed by atoms with E-state index in [4.69, 9.17) is 4.74 Å². The van der Waals surface area contributed by atoms with E-state index in [9.17, 15) is 4.79 Å². The Labute approximate surface area is 144 Å². The molecule has 0 saturated heterocycles. The molecule has 8 heteroatoms. The highest BCUT2D eigenvalue weighted by molar-refractivity contribution is 5.90. The normalized spacial score (nSPS) is 13.8. The lowest BCUT2D eigenvalue weighted by Gasteiger charge is -2.11. The molecule has 25 heavy (non-hydrogen) atoms. The van der Waals surface area contributed by atoms with E-state index in [-0.39, 0.29) is 5.97 Å². The second-order valence-corrected chi connectivity index (χ2v) is 6.11. The number of rotatable bonds is 5. The summed E-state index contributed by atoms with van der Waals surface area (Å²) >= 11 is 0. The smallest absolute Gasteiger partial charge is 0.339 e. The van der Waals surface area contributed by atoms with Crippen LogP contribution in [0.5, 0.6) is 0 Å². The first-order valence-electron chi connectivity index (χ1n) is 8.15. The number of anilines is 1. The zero-order chi connectivity index (χ0) is 17.4. The van der Waals surface area contributed by atoms with E-state index in [1.54, 1.807) is 10.6 Å². The number of ether oxygens (including phenoxy) is 1. The fourth-order valence-electron chi connectivity index (χ4n) is 2.80. The van der Waals surface area contributed by atoms with Crippen LogP contribution in [0.4, 0.5) is 5.82 Å². The van der Waals surface area contributed by atoms with E-state index in [2.05, 4.69) is 25.4 Å². The van der Waals surface area contributed by atoms with Gasteiger partial charge in [-0.1, -0.05) is 0 Å². The number of carbonyl (C=O) groups is 1. The fourth-order valence-corrected chi connectivity index (χ4v) is 2.80. The average molecular weight is 338 g/mol. The number of fused-ring (bicyclic) bond motifs is 1. The summed E-state index contributed by atoms with van der Waals surface area (Å²) in [5, 5.41) is 7.50. The lowest BCUT2D eigenvalue weighted by molar-refractivity contribution is 0.0598. The molecule has 0 spiro atoms. The van der Waals surface area contributed by atoms with Gasteiger partial charge in [-0.15, -0.1) is 0 Å². The van der Waals surface area contributed by atoms with Crippen molar-refractivity contribution in [2.24, 2.45) is 0 Å². The van der Waals surface area contributed by atoms with Gasteiger partial charge in [0.1, 0.15) is 12.1 Å². The Morgan fingerprint density at radius 1 is 1.36 bits per heavy atom. The molecule has 0 radical (unpaired) electrons. The topological polar surface area (TPSA) is 94.3 Å². The molecule has 1 fully saturated rings. The molecular formula is C17H18N6O2. The summed E-state index contributed by atoms with van der Waals surface area (Å²) < 4.78 is 6.51. The molecule has 1 saturated carbocycles. The van der Waals surface area contributed by atoms with Crippen LogP contribution >= 0.6 is 0 Å². The van der Waals surface area contributed by atoms with E-state index >= 15 is 0 Å². The lowest BCUT2D eigenvalue weighted by Crippen LogP contribution is -2.11. The van der Waals surface area contributed by atoms with E-state index in [0.717, 1.165) is 35.7 Å². The Bertz CT molecular complexity index is 947. The minimum atomic E-state index is -0.331. The largest absolute Gasteiger partial charge is 0.465 e. The summed E-state index contributed by atoms with van der Waals surface area (Å²) in [6.07, 6.45) is 3.61. The maximum atomic E-state index is 11.9. The number of methoxy groups -OCH3 is 1. The van der Waals surface area contributed by atoms with Gasteiger partial charge in [0.15, 0.2) is 0 Å². The minimum Gasteiger partial charge on any atom is -0.465 e. The van der Waals surface area contributed by atoms with Crippen molar-refractivity contribution < 1.29 is 9.53 Å². The first kappa shape index (κ1) is 15.5. The third-order valence-corrected chi connectivity index (χ3v) is 4.18. The van der Waals surface area contributed by atoms with Crippen molar-refractivity contribution in [1.82, 2.24) is 24.6 Å². The summed E-state index contributed by atoms with van der Waals surface area (Å²) in [6, 6.07) is 5.55. The van der Waals surface area contributed by atoms with Crippen LogP contribution in [0.3, 0.4) is 0 Å². The summed E-state index contributed by atoms with van der Waals surface area (Å²) in [4.78, 5) is 25.0. The third-order valence-electron chi connectivity index (χ3n) is 4.18. The maximum absolute atomic E-state index is 11.9. The molecule has 0 aliphatic heterocycles. The minimum absolute atomic E-state index is 0.331. The van der Waals surface area contributed by atoms with Gasteiger partial charge in [0.05, 0.1) is 30.6 Å². The van der Waals surface area contributed by atoms with Crippen molar-refractivity contribution in [3.05, 3.63) is 47.2 Å². The molecule has 8 nitrogen and oxygen atoms in total. The predicted molar refractivity (Wildman–Crippen MR) is 90.4 cm³/mol. The number of nitrogens with one attached hydrogen (secondary N) is 1. The van der Waals surface area contributed by atoms with Gasteiger partial charge in [0.2, 0.25) is 0 Å². The van der Waals surface area contributed by atoms with E-state index in [1.165, 1.54) is 13.4 Å². The van der Waals surface area contributed by atoms with Crippen LogP contribution in [-0.4, -0.2) is 37.6 Å². The molecule has 3 aromatic rings. The van der Waals surface area contributed by atoms with Crippen LogP contribution in [0.2, 0.25) is 0 Å². The molecule has 4 rings (SSSR count). The molecule has 0 bridgehead atoms. The quantitative estimate of drug-likeness (QED) is 0.712. The average Bonchev–Trinajstić information content (AvgIpc) is 3.36. The van der Waals surface area contributed by atoms with Gasteiger partial charge in [-0.05, 0) is 31.9 Å². The molecule has 0 amide bonds. The molecule has 3 heterocycles. The molecule has 1 N–H and O–H groups in total. The summed E-state index contributed by atoms with van der Waals surface area (Å²) in [5.41, 5.74) is 3.11. The van der Waals surface area contributed by atoms with Crippen molar-refractivity contribution in [3.63, 3.8) is 0 Å². The van der Waals surface area contributed by atoms with Crippen LogP contribution in [0.1, 0.15) is 46.2 Å². The molecule has 0 aromatic carbocycles. The van der Waals surface area contributed by atoms with Gasteiger partial charge in [0.25, 0.3) is 5.78 Å². The van der Waals surface area contributed by atoms with Crippen molar-refractivity contribution in [2.75, 3.05) is 12.4 Å². The molecule has 1 aliphatic carbocycles. The molecule has 0 unspecified atom stereocenters. The third kappa shape index (κ3) is 3.02. The van der Waals surface area contributed by atoms with Crippen LogP contribution in [0, 0.1) is 6.92 Å². The van der Waals surface area contributed by atoms with E-state index < -0.39 is 0 Å². The SMILES string of the molecule is COC(=O)c1ccc(CNc2cc(C)nc3ncnn23)nc1C1CC1. The summed E-state index contributed by atoms with van der Waals surface area (Å²) in [5.74, 6) is 1.38. The number of aromatic nitrogens is 5. The van der Waals surface area contributed by atoms with Gasteiger partial charge in [-0.3, -0.25) is 4.98 Å². The fraction of sp³-hybridized carbons (Fsp3) is 0.353. The molecule has 1 aliphatic rings. The highest BCUT2D eigenvalue weighted by Gasteiger charge is 2.30. The van der Waals surface area contributed by atoms with Crippen molar-refractivity contribution in [3.8, 4) is 0 Å². The van der Waals surface area contributed by atoms with E-state index in [1.807, 2.05) is 19.1 Å². The predicted octanol–water partition coefficient (Wildman–Crippen LogP) is 2.10. The monoisotopic (exact) mass is 338 g/mol. The van der Waals surface area contributed by atoms with Crippen LogP contribution in [0.25, 0.3) is 5.78 Å².